The Morgan fingerprint density at radius 3 is 2.78 bits per heavy atom. The lowest BCUT2D eigenvalue weighted by molar-refractivity contribution is -0.155. The van der Waals surface area contributed by atoms with Crippen molar-refractivity contribution in [2.45, 2.75) is 111 Å². The number of nitrogens with zero attached hydrogens (tertiary/aromatic N) is 4. The molecule has 7 rings (SSSR count). The molecule has 58 heavy (non-hydrogen) atoms. The first-order valence-corrected chi connectivity index (χ1v) is 21.6. The lowest BCUT2D eigenvalue weighted by Gasteiger charge is -2.35. The number of ether oxygens (including phenoxy) is 2. The van der Waals surface area contributed by atoms with Gasteiger partial charge in [-0.3, -0.25) is 29.2 Å². The molecule has 3 N–H and O–H groups in total. The summed E-state index contributed by atoms with van der Waals surface area (Å²) in [5.41, 5.74) is 9.49. The Bertz CT molecular complexity index is 2160. The third kappa shape index (κ3) is 8.98. The van der Waals surface area contributed by atoms with Crippen LogP contribution in [-0.2, 0) is 48.0 Å². The van der Waals surface area contributed by atoms with Gasteiger partial charge in [0.15, 0.2) is 0 Å². The van der Waals surface area contributed by atoms with Gasteiger partial charge >= 0.3 is 5.97 Å². The summed E-state index contributed by atoms with van der Waals surface area (Å²) in [6.07, 6.45) is 6.04. The minimum Gasteiger partial charge on any atom is -0.464 e. The number of benzene rings is 1. The number of amides is 3. The van der Waals surface area contributed by atoms with Crippen LogP contribution in [-0.4, -0.2) is 82.1 Å². The van der Waals surface area contributed by atoms with Crippen LogP contribution >= 0.6 is 11.3 Å². The molecule has 6 bridgehead atoms. The van der Waals surface area contributed by atoms with Crippen molar-refractivity contribution in [2.24, 2.45) is 17.3 Å². The Balaban J connectivity index is 1.30. The van der Waals surface area contributed by atoms with E-state index in [1.807, 2.05) is 18.4 Å². The molecule has 1 aromatic carbocycles. The summed E-state index contributed by atoms with van der Waals surface area (Å²) in [6, 6.07) is 8.80. The highest BCUT2D eigenvalue weighted by Crippen LogP contribution is 2.42. The lowest BCUT2D eigenvalue weighted by atomic mass is 9.84. The van der Waals surface area contributed by atoms with Crippen LogP contribution in [0.25, 0.3) is 33.4 Å². The predicted molar refractivity (Wildman–Crippen MR) is 223 cm³/mol. The highest BCUT2D eigenvalue weighted by molar-refractivity contribution is 7.10. The molecule has 6 heterocycles. The van der Waals surface area contributed by atoms with Crippen molar-refractivity contribution >= 4 is 45.9 Å². The van der Waals surface area contributed by atoms with Gasteiger partial charge in [-0.25, -0.2) is 10.4 Å². The van der Waals surface area contributed by atoms with Crippen molar-refractivity contribution in [1.29, 1.82) is 0 Å². The second-order valence-electron chi connectivity index (χ2n) is 17.0. The molecule has 0 saturated carbocycles. The topological polar surface area (TPSA) is 157 Å². The van der Waals surface area contributed by atoms with E-state index in [-0.39, 0.29) is 43.4 Å². The van der Waals surface area contributed by atoms with Gasteiger partial charge in [-0.2, -0.15) is 0 Å². The molecule has 3 aromatic heterocycles. The molecule has 2 saturated heterocycles. The van der Waals surface area contributed by atoms with Gasteiger partial charge in [0, 0.05) is 78.6 Å². The van der Waals surface area contributed by atoms with Crippen LogP contribution in [0.4, 0.5) is 0 Å². The van der Waals surface area contributed by atoms with Gasteiger partial charge in [0.1, 0.15) is 12.1 Å². The number of hydrogen-bond donors (Lipinski definition) is 3. The van der Waals surface area contributed by atoms with Gasteiger partial charge in [-0.1, -0.05) is 26.8 Å². The maximum absolute atomic E-state index is 14.4. The van der Waals surface area contributed by atoms with E-state index in [1.54, 1.807) is 13.3 Å². The molecule has 3 aliphatic rings. The Hall–Kier alpha value is -4.66. The second kappa shape index (κ2) is 17.7. The monoisotopic (exact) mass is 811 g/mol. The number of hydrazine groups is 1. The van der Waals surface area contributed by atoms with E-state index >= 15 is 0 Å². The van der Waals surface area contributed by atoms with Gasteiger partial charge in [-0.15, -0.1) is 11.3 Å². The molecule has 0 spiro atoms. The lowest BCUT2D eigenvalue weighted by Crippen LogP contribution is -2.61. The standard InChI is InChI=1S/C44H57N7O6S/c1-7-50-36-16-15-28-20-31(36)32(40(50)30-10-8-18-45-39(30)27(3)56-6)22-44(4,5)25-57-43(55)33-11-9-19-51(49-33)42(54)34(21-38-47-35(28)24-58-38)48-41(53)29-14-12-26(2)13-17-37(52)46-23-29/h8,10,15-16,18,20,24,26-27,29,33-34,49H,7,9,11-14,17,19,21-23,25H2,1-6H3,(H,46,52)(H,48,53)/t26-,27+,29+,33+,34+/m1/s1. The summed E-state index contributed by atoms with van der Waals surface area (Å²) in [5.74, 6) is -1.30. The first-order valence-electron chi connectivity index (χ1n) is 20.7. The molecule has 0 radical (unpaired) electrons. The number of esters is 1. The van der Waals surface area contributed by atoms with E-state index in [2.05, 4.69) is 72.6 Å². The number of carbonyl (C=O) groups is 4. The van der Waals surface area contributed by atoms with E-state index in [1.165, 1.54) is 16.3 Å². The quantitative estimate of drug-likeness (QED) is 0.195. The fourth-order valence-corrected chi connectivity index (χ4v) is 9.36. The van der Waals surface area contributed by atoms with Gasteiger partial charge in [0.2, 0.25) is 11.8 Å². The molecule has 2 fully saturated rings. The number of hydrogen-bond acceptors (Lipinski definition) is 10. The van der Waals surface area contributed by atoms with Crippen molar-refractivity contribution in [1.82, 2.24) is 35.6 Å². The molecule has 3 aliphatic heterocycles. The number of thiazole rings is 1. The predicted octanol–water partition coefficient (Wildman–Crippen LogP) is 6.15. The molecule has 3 amide bonds. The summed E-state index contributed by atoms with van der Waals surface area (Å²) >= 11 is 1.45. The van der Waals surface area contributed by atoms with Crippen LogP contribution in [0.1, 0.15) is 95.5 Å². The Morgan fingerprint density at radius 1 is 1.16 bits per heavy atom. The normalized spacial score (nSPS) is 23.8. The molecule has 0 unspecified atom stereocenters. The summed E-state index contributed by atoms with van der Waals surface area (Å²) in [4.78, 5) is 64.4. The third-order valence-electron chi connectivity index (χ3n) is 11.9. The Morgan fingerprint density at radius 2 is 1.98 bits per heavy atom. The highest BCUT2D eigenvalue weighted by atomic mass is 32.1. The summed E-state index contributed by atoms with van der Waals surface area (Å²) < 4.78 is 14.2. The number of pyridine rings is 1. The number of nitrogens with one attached hydrogen (secondary N) is 3. The number of methoxy groups -OCH3 is 1. The zero-order chi connectivity index (χ0) is 41.1. The van der Waals surface area contributed by atoms with Gasteiger partial charge in [0.05, 0.1) is 40.7 Å². The van der Waals surface area contributed by atoms with Crippen LogP contribution in [0.3, 0.4) is 0 Å². The highest BCUT2D eigenvalue weighted by Gasteiger charge is 2.36. The van der Waals surface area contributed by atoms with Gasteiger partial charge in [0.25, 0.3) is 5.91 Å². The Kier molecular flexibility index (Phi) is 12.6. The number of cyclic esters (lactones) is 1. The van der Waals surface area contributed by atoms with E-state index in [4.69, 9.17) is 19.4 Å². The molecular weight excluding hydrogens is 755 g/mol. The summed E-state index contributed by atoms with van der Waals surface area (Å²) in [7, 11) is 1.69. The zero-order valence-corrected chi connectivity index (χ0v) is 35.4. The van der Waals surface area contributed by atoms with Crippen molar-refractivity contribution < 1.29 is 28.7 Å². The van der Waals surface area contributed by atoms with E-state index in [0.717, 1.165) is 57.5 Å². The fourth-order valence-electron chi connectivity index (χ4n) is 8.51. The number of rotatable bonds is 6. The van der Waals surface area contributed by atoms with Crippen molar-refractivity contribution in [3.05, 3.63) is 58.2 Å². The molecule has 5 atom stereocenters. The third-order valence-corrected chi connectivity index (χ3v) is 12.8. The maximum atomic E-state index is 14.4. The van der Waals surface area contributed by atoms with E-state index in [9.17, 15) is 19.2 Å². The summed E-state index contributed by atoms with van der Waals surface area (Å²) in [5, 5.41) is 11.2. The minimum atomic E-state index is -0.953. The van der Waals surface area contributed by atoms with Gasteiger partial charge in [-0.05, 0) is 88.1 Å². The largest absolute Gasteiger partial charge is 0.464 e. The number of aromatic nitrogens is 3. The van der Waals surface area contributed by atoms with Crippen molar-refractivity contribution in [2.75, 3.05) is 26.8 Å². The molecule has 14 heteroatoms. The van der Waals surface area contributed by atoms with E-state index < -0.39 is 29.4 Å². The first-order chi connectivity index (χ1) is 27.8. The minimum absolute atomic E-state index is 0.0664. The molecule has 0 aliphatic carbocycles. The number of aryl methyl sites for hydroxylation is 1. The zero-order valence-electron chi connectivity index (χ0n) is 34.6. The average molecular weight is 812 g/mol. The SMILES string of the molecule is CCn1c(-c2cccnc2[C@H](C)OC)c2c3cc(ccc31)-c1csc(n1)C[C@H](NC(=O)[C@H]1CC[C@@H](C)CCC(=O)NC1)C(=O)N1CCC[C@H](N1)C(=O)OCC(C)(C)C2. The summed E-state index contributed by atoms with van der Waals surface area (Å²) in [6.45, 7) is 11.9. The van der Waals surface area contributed by atoms with Crippen LogP contribution in [0.15, 0.2) is 41.9 Å². The van der Waals surface area contributed by atoms with Crippen LogP contribution in [0, 0.1) is 17.3 Å². The Labute approximate surface area is 344 Å². The molecule has 310 valence electrons. The number of fused-ring (bicyclic) bond motifs is 6. The molecule has 13 nitrogen and oxygen atoms in total. The number of carbonyl (C=O) groups excluding carboxylic acids is 4. The van der Waals surface area contributed by atoms with Crippen molar-refractivity contribution in [3.8, 4) is 22.5 Å². The van der Waals surface area contributed by atoms with Crippen molar-refractivity contribution in [3.63, 3.8) is 0 Å². The fraction of sp³-hybridized carbons (Fsp3) is 0.545. The molecular formula is C44H57N7O6S. The molecule has 4 aromatic rings. The van der Waals surface area contributed by atoms with Gasteiger partial charge < -0.3 is 24.7 Å². The maximum Gasteiger partial charge on any atom is 0.324 e. The van der Waals surface area contributed by atoms with E-state index in [0.29, 0.717) is 56.1 Å². The van der Waals surface area contributed by atoms with Crippen LogP contribution < -0.4 is 16.1 Å². The van der Waals surface area contributed by atoms with Crippen LogP contribution in [0.5, 0.6) is 0 Å². The second-order valence-corrected chi connectivity index (χ2v) is 17.9. The van der Waals surface area contributed by atoms with Crippen LogP contribution in [0.2, 0.25) is 0 Å². The average Bonchev–Trinajstić information content (AvgIpc) is 3.83. The smallest absolute Gasteiger partial charge is 0.324 e. The first kappa shape index (κ1) is 41.5.